The first kappa shape index (κ1) is 9.17. The number of hydrogen-bond acceptors (Lipinski definition) is 0. The van der Waals surface area contributed by atoms with Gasteiger partial charge in [0.25, 0.3) is 5.92 Å². The van der Waals surface area contributed by atoms with E-state index in [-0.39, 0.29) is 12.0 Å². The van der Waals surface area contributed by atoms with E-state index in [0.29, 0.717) is 0 Å². The SMILES string of the molecule is CCC(F)(F)c1ccc(C)cc1. The van der Waals surface area contributed by atoms with Gasteiger partial charge < -0.3 is 0 Å². The summed E-state index contributed by atoms with van der Waals surface area (Å²) in [6.07, 6.45) is -0.143. The Morgan fingerprint density at radius 3 is 2.08 bits per heavy atom. The molecule has 0 nitrogen and oxygen atoms in total. The van der Waals surface area contributed by atoms with E-state index in [4.69, 9.17) is 0 Å². The van der Waals surface area contributed by atoms with E-state index in [1.54, 1.807) is 12.1 Å². The third-order valence-corrected chi connectivity index (χ3v) is 1.92. The lowest BCUT2D eigenvalue weighted by atomic mass is 10.1. The fourth-order valence-corrected chi connectivity index (χ4v) is 1.00. The molecule has 0 spiro atoms. The molecule has 0 unspecified atom stereocenters. The Labute approximate surface area is 71.2 Å². The minimum atomic E-state index is -2.67. The summed E-state index contributed by atoms with van der Waals surface area (Å²) in [4.78, 5) is 0. The van der Waals surface area contributed by atoms with Gasteiger partial charge in [-0.1, -0.05) is 36.8 Å². The highest BCUT2D eigenvalue weighted by atomic mass is 19.3. The van der Waals surface area contributed by atoms with Crippen molar-refractivity contribution in [2.45, 2.75) is 26.2 Å². The average Bonchev–Trinajstić information content (AvgIpc) is 2.05. The van der Waals surface area contributed by atoms with E-state index < -0.39 is 5.92 Å². The minimum Gasteiger partial charge on any atom is -0.201 e. The normalized spacial score (nSPS) is 11.7. The molecular formula is C10H12F2. The van der Waals surface area contributed by atoms with E-state index in [1.165, 1.54) is 19.1 Å². The van der Waals surface area contributed by atoms with Crippen molar-refractivity contribution in [3.05, 3.63) is 35.4 Å². The summed E-state index contributed by atoms with van der Waals surface area (Å²) < 4.78 is 26.0. The van der Waals surface area contributed by atoms with Crippen molar-refractivity contribution in [3.63, 3.8) is 0 Å². The summed E-state index contributed by atoms with van der Waals surface area (Å²) in [5, 5.41) is 0. The van der Waals surface area contributed by atoms with E-state index >= 15 is 0 Å². The quantitative estimate of drug-likeness (QED) is 0.637. The van der Waals surface area contributed by atoms with E-state index in [0.717, 1.165) is 5.56 Å². The molecule has 0 radical (unpaired) electrons. The molecule has 0 aliphatic heterocycles. The van der Waals surface area contributed by atoms with Crippen LogP contribution in [0.5, 0.6) is 0 Å². The van der Waals surface area contributed by atoms with Crippen LogP contribution in [0.2, 0.25) is 0 Å². The topological polar surface area (TPSA) is 0 Å². The molecule has 0 heterocycles. The molecule has 66 valence electrons. The lowest BCUT2D eigenvalue weighted by Crippen LogP contribution is -2.10. The minimum absolute atomic E-state index is 0.107. The van der Waals surface area contributed by atoms with Crippen molar-refractivity contribution in [2.24, 2.45) is 0 Å². The zero-order valence-corrected chi connectivity index (χ0v) is 7.27. The van der Waals surface area contributed by atoms with Crippen LogP contribution < -0.4 is 0 Å². The first-order valence-electron chi connectivity index (χ1n) is 4.01. The van der Waals surface area contributed by atoms with Crippen molar-refractivity contribution >= 4 is 0 Å². The summed E-state index contributed by atoms with van der Waals surface area (Å²) in [7, 11) is 0. The van der Waals surface area contributed by atoms with Crippen LogP contribution in [0.25, 0.3) is 0 Å². The van der Waals surface area contributed by atoms with Crippen molar-refractivity contribution in [3.8, 4) is 0 Å². The van der Waals surface area contributed by atoms with Gasteiger partial charge in [0.05, 0.1) is 0 Å². The van der Waals surface area contributed by atoms with Gasteiger partial charge in [-0.3, -0.25) is 0 Å². The first-order valence-corrected chi connectivity index (χ1v) is 4.01. The molecule has 0 aromatic heterocycles. The van der Waals surface area contributed by atoms with Gasteiger partial charge >= 0.3 is 0 Å². The molecule has 0 aliphatic carbocycles. The average molecular weight is 170 g/mol. The second-order valence-electron chi connectivity index (χ2n) is 2.92. The van der Waals surface area contributed by atoms with Gasteiger partial charge in [-0.25, -0.2) is 8.78 Å². The van der Waals surface area contributed by atoms with E-state index in [2.05, 4.69) is 0 Å². The fraction of sp³-hybridized carbons (Fsp3) is 0.400. The van der Waals surface area contributed by atoms with Gasteiger partial charge in [-0.15, -0.1) is 0 Å². The third kappa shape index (κ3) is 1.81. The predicted octanol–water partition coefficient (Wildman–Crippen LogP) is 3.50. The van der Waals surface area contributed by atoms with Crippen LogP contribution in [0.4, 0.5) is 8.78 Å². The largest absolute Gasteiger partial charge is 0.273 e. The molecule has 0 atom stereocenters. The summed E-state index contributed by atoms with van der Waals surface area (Å²) in [6.45, 7) is 3.37. The molecule has 0 bridgehead atoms. The molecule has 1 aromatic rings. The summed E-state index contributed by atoms with van der Waals surface area (Å²) in [6, 6.07) is 6.38. The van der Waals surface area contributed by atoms with Crippen LogP contribution >= 0.6 is 0 Å². The van der Waals surface area contributed by atoms with Crippen LogP contribution in [0.3, 0.4) is 0 Å². The van der Waals surface area contributed by atoms with E-state index in [1.807, 2.05) is 6.92 Å². The van der Waals surface area contributed by atoms with Crippen LogP contribution in [0.15, 0.2) is 24.3 Å². The highest BCUT2D eigenvalue weighted by Crippen LogP contribution is 2.30. The van der Waals surface area contributed by atoms with Crippen molar-refractivity contribution in [1.29, 1.82) is 0 Å². The molecule has 0 saturated carbocycles. The maximum absolute atomic E-state index is 13.0. The summed E-state index contributed by atoms with van der Waals surface area (Å²) in [5.74, 6) is -2.67. The van der Waals surface area contributed by atoms with Gasteiger partial charge in [0.15, 0.2) is 0 Å². The Balaban J connectivity index is 2.96. The molecule has 12 heavy (non-hydrogen) atoms. The van der Waals surface area contributed by atoms with Crippen molar-refractivity contribution < 1.29 is 8.78 Å². The highest BCUT2D eigenvalue weighted by molar-refractivity contribution is 5.24. The Morgan fingerprint density at radius 2 is 1.67 bits per heavy atom. The van der Waals surface area contributed by atoms with Crippen molar-refractivity contribution in [1.82, 2.24) is 0 Å². The zero-order valence-electron chi connectivity index (χ0n) is 7.27. The molecule has 0 saturated heterocycles. The molecule has 0 N–H and O–H groups in total. The molecule has 0 aliphatic rings. The number of aryl methyl sites for hydroxylation is 1. The van der Waals surface area contributed by atoms with Crippen LogP contribution in [0.1, 0.15) is 24.5 Å². The van der Waals surface area contributed by atoms with Gasteiger partial charge in [0.2, 0.25) is 0 Å². The van der Waals surface area contributed by atoms with Crippen LogP contribution in [0, 0.1) is 6.92 Å². The number of alkyl halides is 2. The Hall–Kier alpha value is -0.920. The van der Waals surface area contributed by atoms with Crippen LogP contribution in [-0.4, -0.2) is 0 Å². The lowest BCUT2D eigenvalue weighted by molar-refractivity contribution is -0.00828. The lowest BCUT2D eigenvalue weighted by Gasteiger charge is -2.13. The summed E-state index contributed by atoms with van der Waals surface area (Å²) in [5.41, 5.74) is 1.11. The first-order chi connectivity index (χ1) is 5.56. The number of halogens is 2. The van der Waals surface area contributed by atoms with E-state index in [9.17, 15) is 8.78 Å². The van der Waals surface area contributed by atoms with Crippen molar-refractivity contribution in [2.75, 3.05) is 0 Å². The monoisotopic (exact) mass is 170 g/mol. The third-order valence-electron chi connectivity index (χ3n) is 1.92. The summed E-state index contributed by atoms with van der Waals surface area (Å²) >= 11 is 0. The Morgan fingerprint density at radius 1 is 1.17 bits per heavy atom. The molecule has 0 amide bonds. The molecule has 2 heteroatoms. The Bertz CT molecular complexity index is 249. The molecule has 1 rings (SSSR count). The van der Waals surface area contributed by atoms with Gasteiger partial charge in [0.1, 0.15) is 0 Å². The maximum atomic E-state index is 13.0. The number of rotatable bonds is 2. The highest BCUT2D eigenvalue weighted by Gasteiger charge is 2.28. The van der Waals surface area contributed by atoms with Crippen LogP contribution in [-0.2, 0) is 5.92 Å². The molecular weight excluding hydrogens is 158 g/mol. The maximum Gasteiger partial charge on any atom is 0.273 e. The second-order valence-corrected chi connectivity index (χ2v) is 2.92. The van der Waals surface area contributed by atoms with Gasteiger partial charge in [0, 0.05) is 12.0 Å². The number of benzene rings is 1. The molecule has 1 aromatic carbocycles. The zero-order chi connectivity index (χ0) is 9.19. The fourth-order valence-electron chi connectivity index (χ4n) is 1.00. The molecule has 0 fully saturated rings. The standard InChI is InChI=1S/C10H12F2/c1-3-10(11,12)9-6-4-8(2)5-7-9/h4-7H,3H2,1-2H3. The smallest absolute Gasteiger partial charge is 0.201 e. The van der Waals surface area contributed by atoms with Gasteiger partial charge in [-0.2, -0.15) is 0 Å². The number of hydrogen-bond donors (Lipinski definition) is 0. The van der Waals surface area contributed by atoms with Gasteiger partial charge in [-0.05, 0) is 6.92 Å². The predicted molar refractivity (Wildman–Crippen MR) is 45.4 cm³/mol. The Kier molecular flexibility index (Phi) is 2.46. The second kappa shape index (κ2) is 3.21.